The number of nitrogens with one attached hydrogen (secondary N) is 1. The molecular weight excluding hydrogens is 371 g/mol. The number of anilines is 1. The largest absolute Gasteiger partial charge is 0.416 e. The molecule has 2 rings (SSSR count). The average molecular weight is 386 g/mol. The van der Waals surface area contributed by atoms with Crippen LogP contribution >= 0.6 is 11.6 Å². The molecule has 0 saturated heterocycles. The van der Waals surface area contributed by atoms with E-state index in [-0.39, 0.29) is 46.2 Å². The highest BCUT2D eigenvalue weighted by Crippen LogP contribution is 2.34. The summed E-state index contributed by atoms with van der Waals surface area (Å²) in [6, 6.07) is 4.43. The summed E-state index contributed by atoms with van der Waals surface area (Å²) in [7, 11) is 0. The van der Waals surface area contributed by atoms with Gasteiger partial charge in [-0.3, -0.25) is 4.79 Å². The molecule has 0 radical (unpaired) electrons. The molecule has 0 bridgehead atoms. The highest BCUT2D eigenvalue weighted by molar-refractivity contribution is 6.32. The number of carbonyl (C=O) groups is 1. The molecule has 26 heavy (non-hydrogen) atoms. The minimum atomic E-state index is -4.55. The molecule has 0 unspecified atom stereocenters. The summed E-state index contributed by atoms with van der Waals surface area (Å²) >= 11 is 5.98. The highest BCUT2D eigenvalue weighted by Gasteiger charge is 2.31. The highest BCUT2D eigenvalue weighted by atomic mass is 35.5. The first kappa shape index (κ1) is 19.6. The maximum absolute atomic E-state index is 12.8. The van der Waals surface area contributed by atoms with E-state index >= 15 is 0 Å². The second-order valence-corrected chi connectivity index (χ2v) is 6.20. The van der Waals surface area contributed by atoms with E-state index in [9.17, 15) is 23.2 Å². The minimum Gasteiger partial charge on any atom is -0.381 e. The number of hydrogen-bond donors (Lipinski definition) is 2. The number of amides is 1. The summed E-state index contributed by atoms with van der Waals surface area (Å²) in [6.07, 6.45) is -4.79. The van der Waals surface area contributed by atoms with Gasteiger partial charge < -0.3 is 11.1 Å². The Bertz CT molecular complexity index is 883. The molecule has 1 heterocycles. The monoisotopic (exact) mass is 385 g/mol. The zero-order chi connectivity index (χ0) is 19.6. The molecule has 0 atom stereocenters. The Morgan fingerprint density at radius 1 is 1.46 bits per heavy atom. The van der Waals surface area contributed by atoms with Gasteiger partial charge in [-0.1, -0.05) is 11.6 Å². The van der Waals surface area contributed by atoms with Gasteiger partial charge in [0.15, 0.2) is 5.82 Å². The van der Waals surface area contributed by atoms with Crippen LogP contribution in [-0.4, -0.2) is 21.7 Å². The van der Waals surface area contributed by atoms with Gasteiger partial charge in [-0.2, -0.15) is 18.4 Å². The smallest absolute Gasteiger partial charge is 0.381 e. The quantitative estimate of drug-likeness (QED) is 0.845. The van der Waals surface area contributed by atoms with E-state index in [1.54, 1.807) is 13.8 Å². The van der Waals surface area contributed by atoms with Crippen LogP contribution in [0, 0.1) is 11.3 Å². The molecule has 0 fully saturated rings. The van der Waals surface area contributed by atoms with Crippen LogP contribution in [0.5, 0.6) is 0 Å². The van der Waals surface area contributed by atoms with E-state index < -0.39 is 11.7 Å². The number of carbonyl (C=O) groups excluding carboxylic acids is 1. The lowest BCUT2D eigenvalue weighted by Gasteiger charge is -2.13. The molecule has 10 heteroatoms. The number of aromatic nitrogens is 2. The van der Waals surface area contributed by atoms with Crippen LogP contribution in [0.2, 0.25) is 5.02 Å². The van der Waals surface area contributed by atoms with Crippen molar-refractivity contribution < 1.29 is 18.0 Å². The van der Waals surface area contributed by atoms with Crippen molar-refractivity contribution in [1.82, 2.24) is 15.1 Å². The minimum absolute atomic E-state index is 0.0279. The third kappa shape index (κ3) is 4.08. The number of alkyl halides is 3. The number of hydrogen-bond acceptors (Lipinski definition) is 4. The van der Waals surface area contributed by atoms with E-state index in [1.807, 2.05) is 6.07 Å². The Morgan fingerprint density at radius 2 is 2.12 bits per heavy atom. The Hall–Kier alpha value is -2.73. The van der Waals surface area contributed by atoms with E-state index in [0.29, 0.717) is 0 Å². The summed E-state index contributed by atoms with van der Waals surface area (Å²) < 4.78 is 39.5. The Morgan fingerprint density at radius 3 is 2.62 bits per heavy atom. The normalized spacial score (nSPS) is 11.5. The molecule has 6 nitrogen and oxygen atoms in total. The van der Waals surface area contributed by atoms with Gasteiger partial charge in [0, 0.05) is 6.04 Å². The molecule has 0 aliphatic rings. The zero-order valence-electron chi connectivity index (χ0n) is 13.9. The van der Waals surface area contributed by atoms with Gasteiger partial charge in [0.2, 0.25) is 5.91 Å². The van der Waals surface area contributed by atoms with E-state index in [1.165, 1.54) is 0 Å². The van der Waals surface area contributed by atoms with E-state index in [2.05, 4.69) is 10.4 Å². The SMILES string of the molecule is CC(C)NC(=O)Cc1c(C#N)c(N)nn1-c1ccc(C(F)(F)F)cc1Cl. The fourth-order valence-corrected chi connectivity index (χ4v) is 2.60. The molecule has 1 amide bonds. The van der Waals surface area contributed by atoms with Crippen LogP contribution in [0.4, 0.5) is 19.0 Å². The first-order valence-corrected chi connectivity index (χ1v) is 7.86. The molecule has 1 aromatic carbocycles. The van der Waals surface area contributed by atoms with Crippen LogP contribution in [0.1, 0.15) is 30.7 Å². The topological polar surface area (TPSA) is 96.7 Å². The Balaban J connectivity index is 2.54. The van der Waals surface area contributed by atoms with Crippen molar-refractivity contribution in [2.24, 2.45) is 0 Å². The molecule has 138 valence electrons. The number of benzene rings is 1. The van der Waals surface area contributed by atoms with E-state index in [4.69, 9.17) is 17.3 Å². The van der Waals surface area contributed by atoms with Crippen LogP contribution in [0.15, 0.2) is 18.2 Å². The number of nitriles is 1. The summed E-state index contributed by atoms with van der Waals surface area (Å²) in [4.78, 5) is 12.1. The van der Waals surface area contributed by atoms with Crippen molar-refractivity contribution in [1.29, 1.82) is 5.26 Å². The zero-order valence-corrected chi connectivity index (χ0v) is 14.6. The second kappa shape index (κ2) is 7.25. The van der Waals surface area contributed by atoms with E-state index in [0.717, 1.165) is 22.9 Å². The van der Waals surface area contributed by atoms with Crippen LogP contribution in [0.25, 0.3) is 5.69 Å². The first-order valence-electron chi connectivity index (χ1n) is 7.48. The number of rotatable bonds is 4. The van der Waals surface area contributed by atoms with Crippen molar-refractivity contribution in [3.63, 3.8) is 0 Å². The van der Waals surface area contributed by atoms with Crippen molar-refractivity contribution in [3.8, 4) is 11.8 Å². The molecule has 3 N–H and O–H groups in total. The van der Waals surface area contributed by atoms with Gasteiger partial charge in [0.05, 0.1) is 28.4 Å². The fraction of sp³-hybridized carbons (Fsp3) is 0.312. The number of nitrogen functional groups attached to an aromatic ring is 1. The van der Waals surface area contributed by atoms with Crippen molar-refractivity contribution in [2.75, 3.05) is 5.73 Å². The van der Waals surface area contributed by atoms with Gasteiger partial charge in [-0.05, 0) is 32.0 Å². The maximum Gasteiger partial charge on any atom is 0.416 e. The predicted octanol–water partition coefficient (Wildman–Crippen LogP) is 3.07. The van der Waals surface area contributed by atoms with Gasteiger partial charge in [-0.25, -0.2) is 4.68 Å². The van der Waals surface area contributed by atoms with Crippen LogP contribution in [-0.2, 0) is 17.4 Å². The lowest BCUT2D eigenvalue weighted by Crippen LogP contribution is -2.32. The van der Waals surface area contributed by atoms with Crippen molar-refractivity contribution >= 4 is 23.3 Å². The predicted molar refractivity (Wildman–Crippen MR) is 89.7 cm³/mol. The third-order valence-electron chi connectivity index (χ3n) is 3.40. The summed E-state index contributed by atoms with van der Waals surface area (Å²) in [5, 5.41) is 15.7. The van der Waals surface area contributed by atoms with Gasteiger partial charge in [-0.15, -0.1) is 5.10 Å². The lowest BCUT2D eigenvalue weighted by molar-refractivity contribution is -0.137. The summed E-state index contributed by atoms with van der Waals surface area (Å²) in [5.41, 5.74) is 4.98. The first-order chi connectivity index (χ1) is 12.0. The van der Waals surface area contributed by atoms with Gasteiger partial charge in [0.25, 0.3) is 0 Å². The van der Waals surface area contributed by atoms with Crippen molar-refractivity contribution in [2.45, 2.75) is 32.5 Å². The number of halogens is 4. The molecule has 0 spiro atoms. The van der Waals surface area contributed by atoms with Gasteiger partial charge >= 0.3 is 6.18 Å². The summed E-state index contributed by atoms with van der Waals surface area (Å²) in [6.45, 7) is 3.53. The Kier molecular flexibility index (Phi) is 5.47. The fourth-order valence-electron chi connectivity index (χ4n) is 2.34. The third-order valence-corrected chi connectivity index (χ3v) is 3.70. The molecule has 0 aliphatic carbocycles. The lowest BCUT2D eigenvalue weighted by atomic mass is 10.1. The average Bonchev–Trinajstić information content (AvgIpc) is 2.80. The standard InChI is InChI=1S/C16H15ClF3N5O/c1-8(2)23-14(26)6-13-10(7-21)15(22)24-25(13)12-4-3-9(5-11(12)17)16(18,19)20/h3-5,8H,6H2,1-2H3,(H2,22,24)(H,23,26). The maximum atomic E-state index is 12.8. The van der Waals surface area contributed by atoms with Crippen LogP contribution < -0.4 is 11.1 Å². The molecule has 2 aromatic rings. The molecule has 1 aromatic heterocycles. The molecule has 0 aliphatic heterocycles. The second-order valence-electron chi connectivity index (χ2n) is 5.79. The number of nitrogens with zero attached hydrogens (tertiary/aromatic N) is 3. The van der Waals surface area contributed by atoms with Crippen molar-refractivity contribution in [3.05, 3.63) is 40.0 Å². The van der Waals surface area contributed by atoms with Crippen LogP contribution in [0.3, 0.4) is 0 Å². The molecular formula is C16H15ClF3N5O. The molecule has 0 saturated carbocycles. The van der Waals surface area contributed by atoms with Gasteiger partial charge in [0.1, 0.15) is 11.6 Å². The summed E-state index contributed by atoms with van der Waals surface area (Å²) in [5.74, 6) is -0.531. The Labute approximate surface area is 152 Å². The number of nitrogens with two attached hydrogens (primary N) is 1.